The molecule has 1 rings (SSSR count). The van der Waals surface area contributed by atoms with Gasteiger partial charge in [0.05, 0.1) is 0 Å². The first kappa shape index (κ1) is 13.7. The molecular weight excluding hydrogens is 248 g/mol. The number of amides is 2. The summed E-state index contributed by atoms with van der Waals surface area (Å²) in [4.78, 5) is 22.3. The summed E-state index contributed by atoms with van der Waals surface area (Å²) in [5, 5.41) is 13.8. The molecule has 3 N–H and O–H groups in total. The highest BCUT2D eigenvalue weighted by atomic mass is 32.2. The molecule has 1 unspecified atom stereocenters. The molecule has 0 saturated carbocycles. The van der Waals surface area contributed by atoms with Crippen LogP contribution in [0.15, 0.2) is 0 Å². The largest absolute Gasteiger partial charge is 0.396 e. The average molecular weight is 264 g/mol. The Morgan fingerprint density at radius 2 is 2.44 bits per heavy atom. The van der Waals surface area contributed by atoms with E-state index < -0.39 is 0 Å². The molecule has 92 valence electrons. The Balaban J connectivity index is 2.00. The third-order valence-corrected chi connectivity index (χ3v) is 3.93. The van der Waals surface area contributed by atoms with Crippen LogP contribution in [0.3, 0.4) is 0 Å². The van der Waals surface area contributed by atoms with Crippen LogP contribution < -0.4 is 10.6 Å². The Morgan fingerprint density at radius 3 is 3.06 bits per heavy atom. The second kappa shape index (κ2) is 7.81. The van der Waals surface area contributed by atoms with E-state index in [-0.39, 0.29) is 23.8 Å². The Labute approximate surface area is 103 Å². The number of rotatable bonds is 7. The normalized spacial score (nSPS) is 19.6. The lowest BCUT2D eigenvalue weighted by atomic mass is 10.3. The highest BCUT2D eigenvalue weighted by Gasteiger charge is 2.27. The molecule has 0 bridgehead atoms. The van der Waals surface area contributed by atoms with E-state index in [1.165, 1.54) is 0 Å². The Kier molecular flexibility index (Phi) is 6.67. The highest BCUT2D eigenvalue weighted by Crippen LogP contribution is 2.12. The SMILES string of the molecule is O=C1NC(C(=O)NCCSCCCO)CS1. The number of hydrogen-bond acceptors (Lipinski definition) is 5. The van der Waals surface area contributed by atoms with Gasteiger partial charge in [0, 0.05) is 24.7 Å². The van der Waals surface area contributed by atoms with Crippen molar-refractivity contribution in [1.29, 1.82) is 0 Å². The quantitative estimate of drug-likeness (QED) is 0.566. The molecule has 1 fully saturated rings. The lowest BCUT2D eigenvalue weighted by molar-refractivity contribution is -0.122. The molecule has 1 aliphatic rings. The van der Waals surface area contributed by atoms with E-state index in [4.69, 9.17) is 5.11 Å². The van der Waals surface area contributed by atoms with Crippen LogP contribution in [0.5, 0.6) is 0 Å². The summed E-state index contributed by atoms with van der Waals surface area (Å²) in [7, 11) is 0. The smallest absolute Gasteiger partial charge is 0.279 e. The van der Waals surface area contributed by atoms with Gasteiger partial charge < -0.3 is 15.7 Å². The van der Waals surface area contributed by atoms with Crippen molar-refractivity contribution in [3.8, 4) is 0 Å². The second-order valence-corrected chi connectivity index (χ2v) is 5.49. The zero-order valence-electron chi connectivity index (χ0n) is 8.90. The first-order chi connectivity index (χ1) is 7.74. The molecule has 1 aliphatic heterocycles. The Hall–Kier alpha value is -0.400. The van der Waals surface area contributed by atoms with E-state index in [2.05, 4.69) is 10.6 Å². The van der Waals surface area contributed by atoms with E-state index in [1.807, 2.05) is 0 Å². The summed E-state index contributed by atoms with van der Waals surface area (Å²) in [6.45, 7) is 0.816. The van der Waals surface area contributed by atoms with E-state index in [9.17, 15) is 9.59 Å². The minimum absolute atomic E-state index is 0.110. The molecule has 0 aromatic rings. The maximum absolute atomic E-state index is 11.5. The first-order valence-electron chi connectivity index (χ1n) is 5.13. The standard InChI is InChI=1S/C9H16N2O3S2/c12-3-1-4-15-5-2-10-8(13)7-6-16-9(14)11-7/h7,12H,1-6H2,(H,10,13)(H,11,14). The first-order valence-corrected chi connectivity index (χ1v) is 7.27. The van der Waals surface area contributed by atoms with Gasteiger partial charge in [-0.25, -0.2) is 0 Å². The van der Waals surface area contributed by atoms with Crippen molar-refractivity contribution in [2.75, 3.05) is 30.4 Å². The number of thioether (sulfide) groups is 2. The topological polar surface area (TPSA) is 78.4 Å². The molecule has 0 aliphatic carbocycles. The van der Waals surface area contributed by atoms with Crippen LogP contribution in [0.1, 0.15) is 6.42 Å². The summed E-state index contributed by atoms with van der Waals surface area (Å²) < 4.78 is 0. The second-order valence-electron chi connectivity index (χ2n) is 3.28. The fraction of sp³-hybridized carbons (Fsp3) is 0.778. The Morgan fingerprint density at radius 1 is 1.62 bits per heavy atom. The molecule has 0 radical (unpaired) electrons. The Bertz CT molecular complexity index is 251. The molecule has 2 amide bonds. The molecular formula is C9H16N2O3S2. The third-order valence-electron chi connectivity index (χ3n) is 1.98. The van der Waals surface area contributed by atoms with Crippen molar-refractivity contribution in [3.63, 3.8) is 0 Å². The van der Waals surface area contributed by atoms with E-state index >= 15 is 0 Å². The predicted molar refractivity (Wildman–Crippen MR) is 66.8 cm³/mol. The fourth-order valence-electron chi connectivity index (χ4n) is 1.16. The van der Waals surface area contributed by atoms with Gasteiger partial charge in [0.1, 0.15) is 6.04 Å². The third kappa shape index (κ3) is 5.09. The van der Waals surface area contributed by atoms with Crippen LogP contribution in [0.25, 0.3) is 0 Å². The molecule has 16 heavy (non-hydrogen) atoms. The van der Waals surface area contributed by atoms with E-state index in [0.29, 0.717) is 12.3 Å². The minimum atomic E-state index is -0.375. The number of nitrogens with one attached hydrogen (secondary N) is 2. The van der Waals surface area contributed by atoms with Gasteiger partial charge in [-0.1, -0.05) is 11.8 Å². The summed E-state index contributed by atoms with van der Waals surface area (Å²) in [5.74, 6) is 2.14. The zero-order chi connectivity index (χ0) is 11.8. The van der Waals surface area contributed by atoms with Crippen molar-refractivity contribution in [1.82, 2.24) is 10.6 Å². The van der Waals surface area contributed by atoms with Crippen molar-refractivity contribution in [2.24, 2.45) is 0 Å². The maximum atomic E-state index is 11.5. The zero-order valence-corrected chi connectivity index (χ0v) is 10.5. The fourth-order valence-corrected chi connectivity index (χ4v) is 2.73. The molecule has 0 aromatic carbocycles. The highest BCUT2D eigenvalue weighted by molar-refractivity contribution is 8.14. The molecule has 1 saturated heterocycles. The van der Waals surface area contributed by atoms with Crippen LogP contribution in [0, 0.1) is 0 Å². The number of carbonyl (C=O) groups is 2. The number of aliphatic hydroxyl groups is 1. The number of aliphatic hydroxyl groups excluding tert-OH is 1. The van der Waals surface area contributed by atoms with Gasteiger partial charge in [0.25, 0.3) is 5.24 Å². The monoisotopic (exact) mass is 264 g/mol. The average Bonchev–Trinajstić information content (AvgIpc) is 2.70. The van der Waals surface area contributed by atoms with Gasteiger partial charge in [-0.3, -0.25) is 9.59 Å². The van der Waals surface area contributed by atoms with E-state index in [1.54, 1.807) is 11.8 Å². The lowest BCUT2D eigenvalue weighted by Crippen LogP contribution is -2.43. The molecule has 1 atom stereocenters. The van der Waals surface area contributed by atoms with Crippen LogP contribution >= 0.6 is 23.5 Å². The van der Waals surface area contributed by atoms with Crippen molar-refractivity contribution in [2.45, 2.75) is 12.5 Å². The van der Waals surface area contributed by atoms with Crippen LogP contribution in [-0.2, 0) is 4.79 Å². The van der Waals surface area contributed by atoms with Gasteiger partial charge in [-0.15, -0.1) is 0 Å². The van der Waals surface area contributed by atoms with Crippen molar-refractivity contribution in [3.05, 3.63) is 0 Å². The van der Waals surface area contributed by atoms with Gasteiger partial charge >= 0.3 is 0 Å². The van der Waals surface area contributed by atoms with Crippen LogP contribution in [-0.4, -0.2) is 52.7 Å². The van der Waals surface area contributed by atoms with Gasteiger partial charge in [-0.2, -0.15) is 11.8 Å². The van der Waals surface area contributed by atoms with Gasteiger partial charge in [0.2, 0.25) is 5.91 Å². The summed E-state index contributed by atoms with van der Waals surface area (Å²) in [6, 6.07) is -0.375. The van der Waals surface area contributed by atoms with Gasteiger partial charge in [-0.05, 0) is 12.2 Å². The maximum Gasteiger partial charge on any atom is 0.279 e. The molecule has 7 heteroatoms. The molecule has 5 nitrogen and oxygen atoms in total. The molecule has 1 heterocycles. The number of carbonyl (C=O) groups excluding carboxylic acids is 2. The predicted octanol–water partition coefficient (Wildman–Crippen LogP) is 0.0432. The van der Waals surface area contributed by atoms with Crippen LogP contribution in [0.4, 0.5) is 4.79 Å². The molecule has 0 aromatic heterocycles. The summed E-state index contributed by atoms with van der Waals surface area (Å²) >= 11 is 2.84. The summed E-state index contributed by atoms with van der Waals surface area (Å²) in [6.07, 6.45) is 0.786. The number of hydrogen-bond donors (Lipinski definition) is 3. The lowest BCUT2D eigenvalue weighted by Gasteiger charge is -2.09. The molecule has 0 spiro atoms. The van der Waals surface area contributed by atoms with Gasteiger partial charge in [0.15, 0.2) is 0 Å². The van der Waals surface area contributed by atoms with E-state index in [0.717, 1.165) is 29.7 Å². The van der Waals surface area contributed by atoms with Crippen molar-refractivity contribution < 1.29 is 14.7 Å². The minimum Gasteiger partial charge on any atom is -0.396 e. The van der Waals surface area contributed by atoms with Crippen LogP contribution in [0.2, 0.25) is 0 Å². The summed E-state index contributed by atoms with van der Waals surface area (Å²) in [5.41, 5.74) is 0. The van der Waals surface area contributed by atoms with Crippen molar-refractivity contribution >= 4 is 34.7 Å².